The van der Waals surface area contributed by atoms with Gasteiger partial charge in [-0.05, 0) is 38.1 Å². The third kappa shape index (κ3) is 2.48. The van der Waals surface area contributed by atoms with Crippen LogP contribution >= 0.6 is 0 Å². The molecule has 0 radical (unpaired) electrons. The fourth-order valence-electron chi connectivity index (χ4n) is 1.48. The molecule has 1 aliphatic rings. The average Bonchev–Trinajstić information content (AvgIpc) is 2.67. The molecule has 1 unspecified atom stereocenters. The maximum absolute atomic E-state index is 11.3. The first-order chi connectivity index (χ1) is 8.58. The van der Waals surface area contributed by atoms with Crippen LogP contribution in [0.25, 0.3) is 0 Å². The average molecular weight is 244 g/mol. The van der Waals surface area contributed by atoms with Crippen LogP contribution in [0.2, 0.25) is 0 Å². The van der Waals surface area contributed by atoms with E-state index in [2.05, 4.69) is 20.8 Å². The highest BCUT2D eigenvalue weighted by Gasteiger charge is 2.26. The number of hydrogen-bond acceptors (Lipinski definition) is 5. The minimum atomic E-state index is -0.655. The Morgan fingerprint density at radius 1 is 1.33 bits per heavy atom. The molecule has 6 heteroatoms. The maximum Gasteiger partial charge on any atom is 0.272 e. The van der Waals surface area contributed by atoms with Crippen LogP contribution in [-0.4, -0.2) is 23.4 Å². The first-order valence-corrected chi connectivity index (χ1v) is 5.44. The van der Waals surface area contributed by atoms with E-state index in [0.29, 0.717) is 17.0 Å². The second-order valence-electron chi connectivity index (χ2n) is 3.95. The highest BCUT2D eigenvalue weighted by atomic mass is 16.2. The van der Waals surface area contributed by atoms with Gasteiger partial charge in [0.1, 0.15) is 0 Å². The summed E-state index contributed by atoms with van der Waals surface area (Å²) < 4.78 is 0. The molecule has 1 N–H and O–H groups in total. The van der Waals surface area contributed by atoms with Crippen molar-refractivity contribution in [3.63, 3.8) is 0 Å². The van der Waals surface area contributed by atoms with Crippen LogP contribution in [0.5, 0.6) is 0 Å². The van der Waals surface area contributed by atoms with Crippen LogP contribution in [-0.2, 0) is 4.79 Å². The summed E-state index contributed by atoms with van der Waals surface area (Å²) in [6, 6.07) is 6.05. The van der Waals surface area contributed by atoms with E-state index >= 15 is 0 Å². The van der Waals surface area contributed by atoms with Gasteiger partial charge in [-0.3, -0.25) is 9.59 Å². The summed E-state index contributed by atoms with van der Waals surface area (Å²) in [7, 11) is 0. The zero-order chi connectivity index (χ0) is 13.1. The van der Waals surface area contributed by atoms with E-state index in [4.69, 9.17) is 0 Å². The molecule has 0 bridgehead atoms. The number of rotatable bonds is 3. The Morgan fingerprint density at radius 3 is 2.50 bits per heavy atom. The molecule has 0 spiro atoms. The molecule has 0 aromatic heterocycles. The number of benzene rings is 1. The molecule has 0 saturated heterocycles. The summed E-state index contributed by atoms with van der Waals surface area (Å²) in [5, 5.41) is 11.7. The Kier molecular flexibility index (Phi) is 3.27. The highest BCUT2D eigenvalue weighted by molar-refractivity contribution is 6.10. The molecule has 6 nitrogen and oxygen atoms in total. The van der Waals surface area contributed by atoms with Gasteiger partial charge in [-0.25, -0.2) is 5.43 Å². The predicted octanol–water partition coefficient (Wildman–Crippen LogP) is 1.85. The lowest BCUT2D eigenvalue weighted by Gasteiger charge is -1.99. The lowest BCUT2D eigenvalue weighted by atomic mass is 10.1. The van der Waals surface area contributed by atoms with Crippen LogP contribution in [0.4, 0.5) is 5.69 Å². The number of carbonyl (C=O) groups is 2. The number of azo groups is 1. The second kappa shape index (κ2) is 4.87. The van der Waals surface area contributed by atoms with Crippen molar-refractivity contribution in [2.24, 2.45) is 15.3 Å². The molecule has 1 amide bonds. The smallest absolute Gasteiger partial charge is 0.272 e. The largest absolute Gasteiger partial charge is 0.295 e. The molecular formula is C12H12N4O2. The summed E-state index contributed by atoms with van der Waals surface area (Å²) in [5.41, 5.74) is 4.12. The van der Waals surface area contributed by atoms with Gasteiger partial charge in [-0.2, -0.15) is 15.3 Å². The minimum absolute atomic E-state index is 0.00311. The number of hydrogen-bond donors (Lipinski definition) is 1. The van der Waals surface area contributed by atoms with E-state index in [9.17, 15) is 9.59 Å². The Morgan fingerprint density at radius 2 is 2.00 bits per heavy atom. The number of nitrogens with zero attached hydrogens (tertiary/aromatic N) is 3. The van der Waals surface area contributed by atoms with E-state index < -0.39 is 6.04 Å². The molecule has 0 aliphatic carbocycles. The van der Waals surface area contributed by atoms with Crippen molar-refractivity contribution in [2.75, 3.05) is 0 Å². The Bertz CT molecular complexity index is 546. The van der Waals surface area contributed by atoms with Gasteiger partial charge < -0.3 is 0 Å². The topological polar surface area (TPSA) is 83.2 Å². The molecule has 1 atom stereocenters. The van der Waals surface area contributed by atoms with Crippen LogP contribution in [0, 0.1) is 0 Å². The standard InChI is InChI=1S/C12H12N4O2/c1-7-11(12(18)16-13-7)15-14-10-5-3-9(4-6-10)8(2)17/h3-6,11H,1-2H3,(H,16,18). The quantitative estimate of drug-likeness (QED) is 0.650. The van der Waals surface area contributed by atoms with Crippen molar-refractivity contribution in [3.05, 3.63) is 29.8 Å². The summed E-state index contributed by atoms with van der Waals surface area (Å²) in [6.07, 6.45) is 0. The first kappa shape index (κ1) is 12.1. The van der Waals surface area contributed by atoms with Gasteiger partial charge in [0, 0.05) is 5.56 Å². The molecule has 92 valence electrons. The van der Waals surface area contributed by atoms with E-state index in [1.165, 1.54) is 6.92 Å². The van der Waals surface area contributed by atoms with Crippen LogP contribution in [0.1, 0.15) is 24.2 Å². The lowest BCUT2D eigenvalue weighted by molar-refractivity contribution is -0.120. The number of carbonyl (C=O) groups excluding carboxylic acids is 2. The van der Waals surface area contributed by atoms with E-state index in [-0.39, 0.29) is 11.7 Å². The van der Waals surface area contributed by atoms with Gasteiger partial charge in [0.25, 0.3) is 5.91 Å². The minimum Gasteiger partial charge on any atom is -0.295 e. The van der Waals surface area contributed by atoms with Crippen LogP contribution in [0.3, 0.4) is 0 Å². The van der Waals surface area contributed by atoms with Crippen molar-refractivity contribution in [1.29, 1.82) is 0 Å². The number of amides is 1. The highest BCUT2D eigenvalue weighted by Crippen LogP contribution is 2.15. The first-order valence-electron chi connectivity index (χ1n) is 5.44. The Balaban J connectivity index is 2.12. The summed E-state index contributed by atoms with van der Waals surface area (Å²) in [4.78, 5) is 22.4. The predicted molar refractivity (Wildman–Crippen MR) is 66.0 cm³/mol. The fraction of sp³-hybridized carbons (Fsp3) is 0.250. The molecule has 2 rings (SSSR count). The third-order valence-electron chi connectivity index (χ3n) is 2.55. The molecule has 1 aromatic carbocycles. The molecule has 0 saturated carbocycles. The number of ketones is 1. The monoisotopic (exact) mass is 244 g/mol. The molecule has 18 heavy (non-hydrogen) atoms. The number of hydrazone groups is 1. The van der Waals surface area contributed by atoms with Gasteiger partial charge >= 0.3 is 0 Å². The Labute approximate surface area is 104 Å². The van der Waals surface area contributed by atoms with Crippen molar-refractivity contribution in [2.45, 2.75) is 19.9 Å². The fourth-order valence-corrected chi connectivity index (χ4v) is 1.48. The Hall–Kier alpha value is -2.37. The zero-order valence-corrected chi connectivity index (χ0v) is 10.0. The molecule has 1 heterocycles. The van der Waals surface area contributed by atoms with Gasteiger partial charge in [-0.1, -0.05) is 0 Å². The van der Waals surface area contributed by atoms with Crippen LogP contribution < -0.4 is 5.43 Å². The van der Waals surface area contributed by atoms with E-state index in [1.807, 2.05) is 0 Å². The van der Waals surface area contributed by atoms with Crippen molar-refractivity contribution < 1.29 is 9.59 Å². The van der Waals surface area contributed by atoms with Crippen molar-refractivity contribution in [1.82, 2.24) is 5.43 Å². The molecule has 1 aliphatic heterocycles. The zero-order valence-electron chi connectivity index (χ0n) is 10.0. The van der Waals surface area contributed by atoms with Crippen LogP contribution in [0.15, 0.2) is 39.6 Å². The summed E-state index contributed by atoms with van der Waals surface area (Å²) in [5.74, 6) is -0.284. The van der Waals surface area contributed by atoms with Crippen molar-refractivity contribution >= 4 is 23.1 Å². The van der Waals surface area contributed by atoms with E-state index in [0.717, 1.165) is 0 Å². The number of nitrogens with one attached hydrogen (secondary N) is 1. The van der Waals surface area contributed by atoms with Gasteiger partial charge in [0.05, 0.1) is 11.4 Å². The van der Waals surface area contributed by atoms with Gasteiger partial charge in [0.2, 0.25) is 0 Å². The summed E-state index contributed by atoms with van der Waals surface area (Å²) >= 11 is 0. The molecule has 1 aromatic rings. The maximum atomic E-state index is 11.3. The molecular weight excluding hydrogens is 232 g/mol. The van der Waals surface area contributed by atoms with E-state index in [1.54, 1.807) is 31.2 Å². The SMILES string of the molecule is CC(=O)c1ccc(N=NC2C(=O)NN=C2C)cc1. The third-order valence-corrected chi connectivity index (χ3v) is 2.55. The number of Topliss-reactive ketones (excluding diaryl/α,β-unsaturated/α-hetero) is 1. The van der Waals surface area contributed by atoms with Crippen molar-refractivity contribution in [3.8, 4) is 0 Å². The lowest BCUT2D eigenvalue weighted by Crippen LogP contribution is -2.25. The second-order valence-corrected chi connectivity index (χ2v) is 3.95. The summed E-state index contributed by atoms with van der Waals surface area (Å²) in [6.45, 7) is 3.21. The van der Waals surface area contributed by atoms with Gasteiger partial charge in [-0.15, -0.1) is 0 Å². The normalized spacial score (nSPS) is 18.9. The van der Waals surface area contributed by atoms with Gasteiger partial charge in [0.15, 0.2) is 11.8 Å². The molecule has 0 fully saturated rings.